The Hall–Kier alpha value is -2.29. The number of hydrogen-bond acceptors (Lipinski definition) is 2. The Labute approximate surface area is 154 Å². The summed E-state index contributed by atoms with van der Waals surface area (Å²) in [4.78, 5) is 11.5. The molecule has 3 nitrogen and oxygen atoms in total. The van der Waals surface area contributed by atoms with Crippen LogP contribution in [0.25, 0.3) is 0 Å². The second kappa shape index (κ2) is 5.60. The molecule has 2 aliphatic carbocycles. The number of benzene rings is 2. The summed E-state index contributed by atoms with van der Waals surface area (Å²) in [5.74, 6) is 1.70. The highest BCUT2D eigenvalue weighted by molar-refractivity contribution is 5.88. The predicted molar refractivity (Wildman–Crippen MR) is 103 cm³/mol. The number of carboxylic acids is 1. The first-order valence-electron chi connectivity index (χ1n) is 9.74. The van der Waals surface area contributed by atoms with Crippen LogP contribution in [0.15, 0.2) is 36.4 Å². The highest BCUT2D eigenvalue weighted by atomic mass is 16.4. The lowest BCUT2D eigenvalue weighted by Gasteiger charge is -2.44. The van der Waals surface area contributed by atoms with Gasteiger partial charge in [0.05, 0.1) is 11.6 Å². The van der Waals surface area contributed by atoms with Crippen molar-refractivity contribution in [2.45, 2.75) is 45.1 Å². The fraction of sp³-hybridized carbons (Fsp3) is 0.435. The Morgan fingerprint density at radius 2 is 1.85 bits per heavy atom. The lowest BCUT2D eigenvalue weighted by Crippen LogP contribution is -2.36. The smallest absolute Gasteiger partial charge is 0.335 e. The zero-order valence-corrected chi connectivity index (χ0v) is 15.3. The number of hydrogen-bond donors (Lipinski definition) is 2. The minimum absolute atomic E-state index is 0.332. The first kappa shape index (κ1) is 15.9. The van der Waals surface area contributed by atoms with Crippen LogP contribution in [0, 0.1) is 31.6 Å². The molecule has 2 N–H and O–H groups in total. The van der Waals surface area contributed by atoms with Crippen molar-refractivity contribution in [1.29, 1.82) is 0 Å². The average Bonchev–Trinajstić information content (AvgIpc) is 3.25. The number of anilines is 1. The number of aryl methyl sites for hydroxylation is 2. The zero-order chi connectivity index (χ0) is 18.0. The molecule has 2 aromatic rings. The topological polar surface area (TPSA) is 49.3 Å². The number of fused-ring (bicyclic) bond motifs is 7. The van der Waals surface area contributed by atoms with E-state index in [9.17, 15) is 9.90 Å². The van der Waals surface area contributed by atoms with E-state index in [1.54, 1.807) is 6.07 Å². The summed E-state index contributed by atoms with van der Waals surface area (Å²) in [7, 11) is 0. The SMILES string of the molecule is Cc1ccc(C)c([C@@H]2Nc3ccc(C(=O)O)cc3[C@H]3[C@H]4CC[C@@H](C4)[C@@H]32)c1. The van der Waals surface area contributed by atoms with Crippen molar-refractivity contribution < 1.29 is 9.90 Å². The second-order valence-corrected chi connectivity index (χ2v) is 8.53. The van der Waals surface area contributed by atoms with Crippen molar-refractivity contribution in [1.82, 2.24) is 0 Å². The number of aromatic carboxylic acids is 1. The molecule has 0 aromatic heterocycles. The van der Waals surface area contributed by atoms with Crippen LogP contribution in [0.5, 0.6) is 0 Å². The number of nitrogens with one attached hydrogen (secondary N) is 1. The summed E-state index contributed by atoms with van der Waals surface area (Å²) in [5.41, 5.74) is 6.86. The van der Waals surface area contributed by atoms with E-state index < -0.39 is 5.97 Å². The molecule has 0 unspecified atom stereocenters. The molecule has 5 atom stereocenters. The summed E-state index contributed by atoms with van der Waals surface area (Å²) in [5, 5.41) is 13.2. The summed E-state index contributed by atoms with van der Waals surface area (Å²) in [6, 6.07) is 12.7. The first-order valence-corrected chi connectivity index (χ1v) is 9.74. The van der Waals surface area contributed by atoms with E-state index in [0.717, 1.165) is 11.6 Å². The van der Waals surface area contributed by atoms with Gasteiger partial charge < -0.3 is 10.4 Å². The van der Waals surface area contributed by atoms with Gasteiger partial charge in [-0.3, -0.25) is 0 Å². The maximum atomic E-state index is 11.5. The summed E-state index contributed by atoms with van der Waals surface area (Å²) >= 11 is 0. The van der Waals surface area contributed by atoms with E-state index in [0.29, 0.717) is 29.4 Å². The van der Waals surface area contributed by atoms with Crippen molar-refractivity contribution in [3.8, 4) is 0 Å². The molecule has 2 bridgehead atoms. The van der Waals surface area contributed by atoms with Gasteiger partial charge in [-0.15, -0.1) is 0 Å². The van der Waals surface area contributed by atoms with Gasteiger partial charge in [-0.25, -0.2) is 4.79 Å². The molecule has 2 saturated carbocycles. The highest BCUT2D eigenvalue weighted by Crippen LogP contribution is 2.63. The van der Waals surface area contributed by atoms with Crippen molar-refractivity contribution in [3.05, 3.63) is 64.2 Å². The van der Waals surface area contributed by atoms with Crippen LogP contribution in [-0.4, -0.2) is 11.1 Å². The van der Waals surface area contributed by atoms with E-state index in [-0.39, 0.29) is 0 Å². The third-order valence-corrected chi connectivity index (χ3v) is 7.10. The van der Waals surface area contributed by atoms with Crippen LogP contribution in [0.1, 0.15) is 63.8 Å². The Kier molecular flexibility index (Phi) is 3.43. The van der Waals surface area contributed by atoms with Gasteiger partial charge in [0.15, 0.2) is 0 Å². The van der Waals surface area contributed by atoms with Crippen LogP contribution < -0.4 is 5.32 Å². The molecule has 5 rings (SSSR count). The van der Waals surface area contributed by atoms with Crippen molar-refractivity contribution in [3.63, 3.8) is 0 Å². The molecular formula is C23H25NO2. The lowest BCUT2D eigenvalue weighted by molar-refractivity contribution is 0.0696. The first-order chi connectivity index (χ1) is 12.5. The van der Waals surface area contributed by atoms with E-state index in [1.165, 1.54) is 41.5 Å². The maximum Gasteiger partial charge on any atom is 0.335 e. The minimum atomic E-state index is -0.829. The molecule has 2 fully saturated rings. The largest absolute Gasteiger partial charge is 0.478 e. The number of rotatable bonds is 2. The minimum Gasteiger partial charge on any atom is -0.478 e. The van der Waals surface area contributed by atoms with E-state index in [1.807, 2.05) is 12.1 Å². The van der Waals surface area contributed by atoms with Crippen molar-refractivity contribution in [2.24, 2.45) is 17.8 Å². The molecule has 1 aliphatic heterocycles. The molecular weight excluding hydrogens is 322 g/mol. The molecule has 0 spiro atoms. The second-order valence-electron chi connectivity index (χ2n) is 8.53. The predicted octanol–water partition coefficient (Wildman–Crippen LogP) is 5.30. The van der Waals surface area contributed by atoms with Gasteiger partial charge in [0.1, 0.15) is 0 Å². The standard InChI is InChI=1S/C23H25NO2/c1-12-3-4-13(2)17(9-12)22-21-15-6-5-14(10-15)20(21)18-11-16(23(25)26)7-8-19(18)24-22/h3-4,7-9,11,14-15,20-22,24H,5-6,10H2,1-2H3,(H,25,26)/t14-,15-,20+,21-,22-/m0/s1. The number of carboxylic acid groups (broad SMARTS) is 1. The third-order valence-electron chi connectivity index (χ3n) is 7.10. The van der Waals surface area contributed by atoms with Crippen LogP contribution in [0.3, 0.4) is 0 Å². The fourth-order valence-corrected chi connectivity index (χ4v) is 6.02. The van der Waals surface area contributed by atoms with Crippen LogP contribution in [-0.2, 0) is 0 Å². The van der Waals surface area contributed by atoms with Gasteiger partial charge in [-0.05, 0) is 91.7 Å². The summed E-state index contributed by atoms with van der Waals surface area (Å²) < 4.78 is 0. The van der Waals surface area contributed by atoms with Crippen LogP contribution >= 0.6 is 0 Å². The van der Waals surface area contributed by atoms with Gasteiger partial charge in [-0.1, -0.05) is 23.8 Å². The Bertz CT molecular complexity index is 903. The van der Waals surface area contributed by atoms with Gasteiger partial charge in [0, 0.05) is 5.69 Å². The normalized spacial score (nSPS) is 31.2. The summed E-state index contributed by atoms with van der Waals surface area (Å²) in [6.45, 7) is 4.37. The van der Waals surface area contributed by atoms with Gasteiger partial charge in [0.2, 0.25) is 0 Å². The Morgan fingerprint density at radius 1 is 1.04 bits per heavy atom. The molecule has 3 aliphatic rings. The molecule has 0 amide bonds. The van der Waals surface area contributed by atoms with Gasteiger partial charge in [-0.2, -0.15) is 0 Å². The third kappa shape index (κ3) is 2.22. The molecule has 26 heavy (non-hydrogen) atoms. The van der Waals surface area contributed by atoms with Crippen LogP contribution in [0.2, 0.25) is 0 Å². The molecule has 134 valence electrons. The molecule has 0 saturated heterocycles. The summed E-state index contributed by atoms with van der Waals surface area (Å²) in [6.07, 6.45) is 3.92. The fourth-order valence-electron chi connectivity index (χ4n) is 6.02. The molecule has 1 heterocycles. The monoisotopic (exact) mass is 347 g/mol. The van der Waals surface area contributed by atoms with Gasteiger partial charge in [0.25, 0.3) is 0 Å². The van der Waals surface area contributed by atoms with E-state index in [2.05, 4.69) is 37.4 Å². The van der Waals surface area contributed by atoms with Crippen molar-refractivity contribution in [2.75, 3.05) is 5.32 Å². The lowest BCUT2D eigenvalue weighted by atomic mass is 9.67. The van der Waals surface area contributed by atoms with E-state index >= 15 is 0 Å². The van der Waals surface area contributed by atoms with Crippen LogP contribution in [0.4, 0.5) is 5.69 Å². The molecule has 3 heteroatoms. The molecule has 0 radical (unpaired) electrons. The van der Waals surface area contributed by atoms with Crippen molar-refractivity contribution >= 4 is 11.7 Å². The Morgan fingerprint density at radius 3 is 2.65 bits per heavy atom. The number of carbonyl (C=O) groups is 1. The Balaban J connectivity index is 1.66. The van der Waals surface area contributed by atoms with Gasteiger partial charge >= 0.3 is 5.97 Å². The maximum absolute atomic E-state index is 11.5. The average molecular weight is 347 g/mol. The zero-order valence-electron chi connectivity index (χ0n) is 15.3. The molecule has 2 aromatic carbocycles. The highest BCUT2D eigenvalue weighted by Gasteiger charge is 2.54. The van der Waals surface area contributed by atoms with E-state index in [4.69, 9.17) is 0 Å². The quantitative estimate of drug-likeness (QED) is 0.775.